The van der Waals surface area contributed by atoms with E-state index < -0.39 is 0 Å². The minimum absolute atomic E-state index is 0.0728. The lowest BCUT2D eigenvalue weighted by Gasteiger charge is -2.28. The lowest BCUT2D eigenvalue weighted by atomic mass is 10.1. The van der Waals surface area contributed by atoms with Gasteiger partial charge in [-0.2, -0.15) is 0 Å². The number of nitrogens with zero attached hydrogens (tertiary/aromatic N) is 2. The summed E-state index contributed by atoms with van der Waals surface area (Å²) < 4.78 is 6.52. The van der Waals surface area contributed by atoms with Crippen LogP contribution < -0.4 is 10.2 Å². The van der Waals surface area contributed by atoms with Crippen LogP contribution in [0.1, 0.15) is 15.9 Å². The maximum Gasteiger partial charge on any atom is 0.255 e. The Morgan fingerprint density at radius 3 is 2.68 bits per heavy atom. The molecule has 1 amide bonds. The number of nitrogens with one attached hydrogen (secondary N) is 1. The summed E-state index contributed by atoms with van der Waals surface area (Å²) in [6, 6.07) is 15.8. The second-order valence-corrected chi connectivity index (χ2v) is 8.85. The molecule has 0 aromatic heterocycles. The Balaban J connectivity index is 1.40. The molecular weight excluding hydrogens is 390 g/mol. The van der Waals surface area contributed by atoms with Crippen LogP contribution in [0.4, 0.5) is 11.4 Å². The lowest BCUT2D eigenvalue weighted by molar-refractivity contribution is 0.102. The van der Waals surface area contributed by atoms with Gasteiger partial charge in [-0.3, -0.25) is 9.79 Å². The monoisotopic (exact) mass is 413 g/mol. The number of anilines is 2. The molecule has 4 rings (SSSR count). The molecule has 2 aromatic carbocycles. The summed E-state index contributed by atoms with van der Waals surface area (Å²) in [5, 5.41) is 3.03. The molecule has 2 aliphatic heterocycles. The topological polar surface area (TPSA) is 53.9 Å². The molecule has 0 saturated carbocycles. The largest absolute Gasteiger partial charge is 0.378 e. The average molecular weight is 414 g/mol. The van der Waals surface area contributed by atoms with Crippen LogP contribution in [0.2, 0.25) is 0 Å². The van der Waals surface area contributed by atoms with Gasteiger partial charge in [-0.1, -0.05) is 41.7 Å². The van der Waals surface area contributed by atoms with Crippen molar-refractivity contribution in [1.82, 2.24) is 0 Å². The number of hydrogen-bond acceptors (Lipinski definition) is 6. The standard InChI is InChI=1S/C21H23N3O2S2/c25-20(19-4-2-1-3-16(19)15-28-21-22-9-14-27-21)23-17-5-7-18(8-6-17)24-10-12-26-13-11-24/h1-8H,9-15H2,(H,23,25). The van der Waals surface area contributed by atoms with Crippen molar-refractivity contribution < 1.29 is 9.53 Å². The van der Waals surface area contributed by atoms with Gasteiger partial charge in [0.05, 0.1) is 19.8 Å². The van der Waals surface area contributed by atoms with Crippen LogP contribution in [0.5, 0.6) is 0 Å². The minimum Gasteiger partial charge on any atom is -0.378 e. The number of benzene rings is 2. The minimum atomic E-state index is -0.0728. The Bertz CT molecular complexity index is 849. The highest BCUT2D eigenvalue weighted by molar-refractivity contribution is 8.38. The molecule has 2 heterocycles. The maximum atomic E-state index is 12.8. The molecule has 28 heavy (non-hydrogen) atoms. The zero-order valence-corrected chi connectivity index (χ0v) is 17.2. The number of ether oxygens (including phenoxy) is 1. The van der Waals surface area contributed by atoms with Crippen molar-refractivity contribution in [3.8, 4) is 0 Å². The van der Waals surface area contributed by atoms with Crippen molar-refractivity contribution >= 4 is 45.2 Å². The Hall–Kier alpha value is -1.96. The number of aliphatic imine (C=N–C) groups is 1. The van der Waals surface area contributed by atoms with E-state index in [1.165, 1.54) is 0 Å². The first-order valence-electron chi connectivity index (χ1n) is 9.42. The molecule has 146 valence electrons. The Kier molecular flexibility index (Phi) is 6.57. The molecule has 2 aliphatic rings. The molecule has 1 saturated heterocycles. The molecular formula is C21H23N3O2S2. The van der Waals surface area contributed by atoms with Gasteiger partial charge in [0.15, 0.2) is 0 Å². The Morgan fingerprint density at radius 1 is 1.14 bits per heavy atom. The van der Waals surface area contributed by atoms with Crippen molar-refractivity contribution in [2.75, 3.05) is 48.8 Å². The number of amides is 1. The molecule has 0 atom stereocenters. The first kappa shape index (κ1) is 19.4. The fourth-order valence-electron chi connectivity index (χ4n) is 3.19. The Labute approximate surface area is 173 Å². The second-order valence-electron chi connectivity index (χ2n) is 6.54. The first-order chi connectivity index (χ1) is 13.8. The third-order valence-corrected chi connectivity index (χ3v) is 6.97. The third kappa shape index (κ3) is 4.90. The van der Waals surface area contributed by atoms with Gasteiger partial charge in [0.2, 0.25) is 0 Å². The van der Waals surface area contributed by atoms with Crippen LogP contribution >= 0.6 is 23.5 Å². The van der Waals surface area contributed by atoms with E-state index in [1.54, 1.807) is 23.5 Å². The summed E-state index contributed by atoms with van der Waals surface area (Å²) in [6.07, 6.45) is 0. The fraction of sp³-hybridized carbons (Fsp3) is 0.333. The van der Waals surface area contributed by atoms with Gasteiger partial charge in [-0.05, 0) is 35.9 Å². The molecule has 1 N–H and O–H groups in total. The summed E-state index contributed by atoms with van der Waals surface area (Å²) in [6.45, 7) is 4.23. The van der Waals surface area contributed by atoms with E-state index in [1.807, 2.05) is 36.4 Å². The van der Waals surface area contributed by atoms with Gasteiger partial charge in [-0.25, -0.2) is 0 Å². The van der Waals surface area contributed by atoms with Crippen molar-refractivity contribution in [1.29, 1.82) is 0 Å². The van der Waals surface area contributed by atoms with E-state index in [9.17, 15) is 4.79 Å². The van der Waals surface area contributed by atoms with Crippen LogP contribution in [-0.4, -0.2) is 48.9 Å². The van der Waals surface area contributed by atoms with Crippen LogP contribution in [0.3, 0.4) is 0 Å². The zero-order valence-electron chi connectivity index (χ0n) is 15.6. The predicted molar refractivity (Wildman–Crippen MR) is 120 cm³/mol. The van der Waals surface area contributed by atoms with Crippen molar-refractivity contribution in [3.05, 3.63) is 59.7 Å². The predicted octanol–water partition coefficient (Wildman–Crippen LogP) is 4.11. The maximum absolute atomic E-state index is 12.8. The number of rotatable bonds is 5. The lowest BCUT2D eigenvalue weighted by Crippen LogP contribution is -2.36. The number of thioether (sulfide) groups is 2. The number of carbonyl (C=O) groups is 1. The summed E-state index contributed by atoms with van der Waals surface area (Å²) in [5.41, 5.74) is 3.72. The van der Waals surface area contributed by atoms with Crippen LogP contribution in [0.25, 0.3) is 0 Å². The average Bonchev–Trinajstić information content (AvgIpc) is 3.27. The fourth-order valence-corrected chi connectivity index (χ4v) is 5.20. The van der Waals surface area contributed by atoms with Crippen molar-refractivity contribution in [2.24, 2.45) is 4.99 Å². The van der Waals surface area contributed by atoms with Crippen LogP contribution in [0.15, 0.2) is 53.5 Å². The highest BCUT2D eigenvalue weighted by Crippen LogP contribution is 2.27. The van der Waals surface area contributed by atoms with E-state index in [2.05, 4.69) is 27.3 Å². The van der Waals surface area contributed by atoms with E-state index in [4.69, 9.17) is 4.74 Å². The molecule has 0 unspecified atom stereocenters. The van der Waals surface area contributed by atoms with Crippen molar-refractivity contribution in [3.63, 3.8) is 0 Å². The SMILES string of the molecule is O=C(Nc1ccc(N2CCOCC2)cc1)c1ccccc1CSC1=NCCS1. The molecule has 0 bridgehead atoms. The highest BCUT2D eigenvalue weighted by Gasteiger charge is 2.15. The third-order valence-electron chi connectivity index (χ3n) is 4.67. The van der Waals surface area contributed by atoms with E-state index >= 15 is 0 Å². The molecule has 0 spiro atoms. The molecule has 7 heteroatoms. The van der Waals surface area contributed by atoms with Crippen LogP contribution in [-0.2, 0) is 10.5 Å². The van der Waals surface area contributed by atoms with E-state index in [-0.39, 0.29) is 5.91 Å². The van der Waals surface area contributed by atoms with E-state index in [0.717, 1.165) is 71.2 Å². The summed E-state index contributed by atoms with van der Waals surface area (Å²) in [4.78, 5) is 19.6. The second kappa shape index (κ2) is 9.49. The quantitative estimate of drug-likeness (QED) is 0.799. The Morgan fingerprint density at radius 2 is 1.93 bits per heavy atom. The van der Waals surface area contributed by atoms with Gasteiger partial charge in [0.25, 0.3) is 5.91 Å². The highest BCUT2D eigenvalue weighted by atomic mass is 32.2. The molecule has 0 radical (unpaired) electrons. The molecule has 0 aliphatic carbocycles. The summed E-state index contributed by atoms with van der Waals surface area (Å²) >= 11 is 3.50. The molecule has 1 fully saturated rings. The number of hydrogen-bond donors (Lipinski definition) is 1. The van der Waals surface area contributed by atoms with E-state index in [0.29, 0.717) is 0 Å². The molecule has 2 aromatic rings. The summed E-state index contributed by atoms with van der Waals surface area (Å²) in [5.74, 6) is 1.74. The zero-order chi connectivity index (χ0) is 19.2. The van der Waals surface area contributed by atoms with Crippen LogP contribution in [0, 0.1) is 0 Å². The van der Waals surface area contributed by atoms with Gasteiger partial charge >= 0.3 is 0 Å². The normalized spacial score (nSPS) is 16.7. The van der Waals surface area contributed by atoms with Crippen molar-refractivity contribution in [2.45, 2.75) is 5.75 Å². The van der Waals surface area contributed by atoms with Gasteiger partial charge in [0, 0.05) is 41.5 Å². The van der Waals surface area contributed by atoms with Gasteiger partial charge in [0.1, 0.15) is 4.38 Å². The first-order valence-corrected chi connectivity index (χ1v) is 11.4. The molecule has 5 nitrogen and oxygen atoms in total. The number of carbonyl (C=O) groups excluding carboxylic acids is 1. The van der Waals surface area contributed by atoms with Gasteiger partial charge in [-0.15, -0.1) is 0 Å². The summed E-state index contributed by atoms with van der Waals surface area (Å²) in [7, 11) is 0. The van der Waals surface area contributed by atoms with Gasteiger partial charge < -0.3 is 15.0 Å². The smallest absolute Gasteiger partial charge is 0.255 e. The number of morpholine rings is 1.